The molecular formula is C18H27NO3S2. The van der Waals surface area contributed by atoms with Crippen molar-refractivity contribution >= 4 is 29.4 Å². The maximum absolute atomic E-state index is 11.9. The number of hydrogen-bond donors (Lipinski definition) is 1. The van der Waals surface area contributed by atoms with Crippen LogP contribution in [0.4, 0.5) is 0 Å². The van der Waals surface area contributed by atoms with Gasteiger partial charge in [-0.1, -0.05) is 18.9 Å². The number of thioether (sulfide) groups is 2. The molecule has 1 aliphatic carbocycles. The zero-order chi connectivity index (χ0) is 17.2. The van der Waals surface area contributed by atoms with E-state index in [1.54, 1.807) is 26.0 Å². The van der Waals surface area contributed by atoms with E-state index < -0.39 is 0 Å². The summed E-state index contributed by atoms with van der Waals surface area (Å²) in [7, 11) is 3.34. The molecule has 0 heterocycles. The van der Waals surface area contributed by atoms with Crippen LogP contribution in [0.2, 0.25) is 0 Å². The van der Waals surface area contributed by atoms with Gasteiger partial charge in [-0.3, -0.25) is 4.79 Å². The Morgan fingerprint density at radius 1 is 1.25 bits per heavy atom. The summed E-state index contributed by atoms with van der Waals surface area (Å²) in [5.74, 6) is 1.54. The lowest BCUT2D eigenvalue weighted by molar-refractivity contribution is -0.118. The summed E-state index contributed by atoms with van der Waals surface area (Å²) in [5, 5.41) is 3.98. The van der Waals surface area contributed by atoms with E-state index in [-0.39, 0.29) is 5.91 Å². The van der Waals surface area contributed by atoms with Crippen LogP contribution in [0.5, 0.6) is 5.75 Å². The number of nitrogens with one attached hydrogen (secondary N) is 1. The predicted molar refractivity (Wildman–Crippen MR) is 102 cm³/mol. The second-order valence-corrected chi connectivity index (χ2v) is 8.35. The molecule has 0 aliphatic heterocycles. The Hall–Kier alpha value is -0.850. The summed E-state index contributed by atoms with van der Waals surface area (Å²) in [6, 6.07) is 8.25. The van der Waals surface area contributed by atoms with Gasteiger partial charge in [0.05, 0.1) is 19.5 Å². The normalized spacial score (nSPS) is 20.6. The Labute approximate surface area is 153 Å². The summed E-state index contributed by atoms with van der Waals surface area (Å²) in [6.45, 7) is 1.15. The second kappa shape index (κ2) is 10.9. The van der Waals surface area contributed by atoms with Crippen molar-refractivity contribution in [1.29, 1.82) is 0 Å². The maximum Gasteiger partial charge on any atom is 0.230 e. The molecule has 1 aliphatic rings. The number of ether oxygens (including phenoxy) is 2. The van der Waals surface area contributed by atoms with E-state index in [1.807, 2.05) is 23.9 Å². The summed E-state index contributed by atoms with van der Waals surface area (Å²) in [4.78, 5) is 13.1. The molecule has 1 fully saturated rings. The molecule has 4 nitrogen and oxygen atoms in total. The first-order valence-electron chi connectivity index (χ1n) is 8.41. The summed E-state index contributed by atoms with van der Waals surface area (Å²) in [5.41, 5.74) is 0. The van der Waals surface area contributed by atoms with E-state index >= 15 is 0 Å². The summed E-state index contributed by atoms with van der Waals surface area (Å²) in [6.07, 6.45) is 4.94. The Kier molecular flexibility index (Phi) is 8.84. The van der Waals surface area contributed by atoms with Gasteiger partial charge in [0.1, 0.15) is 5.75 Å². The SMILES string of the molecule is COCCNC(=O)CSC1CCCCC1Sc1cccc(OC)c1. The lowest BCUT2D eigenvalue weighted by Gasteiger charge is -2.30. The zero-order valence-corrected chi connectivity index (χ0v) is 16.1. The highest BCUT2D eigenvalue weighted by molar-refractivity contribution is 8.04. The minimum absolute atomic E-state index is 0.104. The van der Waals surface area contributed by atoms with Gasteiger partial charge >= 0.3 is 0 Å². The molecule has 1 amide bonds. The molecule has 6 heteroatoms. The van der Waals surface area contributed by atoms with Gasteiger partial charge in [-0.2, -0.15) is 0 Å². The average molecular weight is 370 g/mol. The quantitative estimate of drug-likeness (QED) is 0.674. The monoisotopic (exact) mass is 369 g/mol. The Morgan fingerprint density at radius 3 is 2.79 bits per heavy atom. The summed E-state index contributed by atoms with van der Waals surface area (Å²) < 4.78 is 10.3. The van der Waals surface area contributed by atoms with Crippen LogP contribution in [0.3, 0.4) is 0 Å². The minimum atomic E-state index is 0.104. The molecule has 0 spiro atoms. The third kappa shape index (κ3) is 6.57. The molecule has 134 valence electrons. The second-order valence-electron chi connectivity index (χ2n) is 5.81. The van der Waals surface area contributed by atoms with Crippen LogP contribution in [-0.4, -0.2) is 49.5 Å². The van der Waals surface area contributed by atoms with E-state index in [0.717, 1.165) is 5.75 Å². The van der Waals surface area contributed by atoms with Gasteiger partial charge in [-0.15, -0.1) is 23.5 Å². The third-order valence-corrected chi connectivity index (χ3v) is 7.01. The standard InChI is InChI=1S/C18H27NO3S2/c1-21-11-10-19-18(20)13-23-16-8-3-4-9-17(16)24-15-7-5-6-14(12-15)22-2/h5-7,12,16-17H,3-4,8-11,13H2,1-2H3,(H,19,20). The fraction of sp³-hybridized carbons (Fsp3) is 0.611. The largest absolute Gasteiger partial charge is 0.497 e. The highest BCUT2D eigenvalue weighted by Gasteiger charge is 2.27. The predicted octanol–water partition coefficient (Wildman–Crippen LogP) is 3.59. The van der Waals surface area contributed by atoms with Crippen LogP contribution < -0.4 is 10.1 Å². The molecule has 1 saturated carbocycles. The van der Waals surface area contributed by atoms with Gasteiger partial charge in [-0.25, -0.2) is 0 Å². The van der Waals surface area contributed by atoms with Crippen molar-refractivity contribution in [3.05, 3.63) is 24.3 Å². The van der Waals surface area contributed by atoms with Gasteiger partial charge in [0.25, 0.3) is 0 Å². The topological polar surface area (TPSA) is 47.6 Å². The van der Waals surface area contributed by atoms with Gasteiger partial charge in [0.15, 0.2) is 0 Å². The molecule has 24 heavy (non-hydrogen) atoms. The number of carbonyl (C=O) groups is 1. The van der Waals surface area contributed by atoms with Crippen molar-refractivity contribution in [3.63, 3.8) is 0 Å². The lowest BCUT2D eigenvalue weighted by atomic mass is 10.00. The van der Waals surface area contributed by atoms with Gasteiger partial charge in [0, 0.05) is 29.0 Å². The molecule has 2 rings (SSSR count). The Balaban J connectivity index is 1.84. The Morgan fingerprint density at radius 2 is 2.04 bits per heavy atom. The van der Waals surface area contributed by atoms with Crippen molar-refractivity contribution in [3.8, 4) is 5.75 Å². The highest BCUT2D eigenvalue weighted by atomic mass is 32.2. The van der Waals surface area contributed by atoms with Crippen LogP contribution in [0, 0.1) is 0 Å². The molecule has 0 aromatic heterocycles. The van der Waals surface area contributed by atoms with Gasteiger partial charge in [0.2, 0.25) is 5.91 Å². The zero-order valence-electron chi connectivity index (χ0n) is 14.5. The number of hydrogen-bond acceptors (Lipinski definition) is 5. The molecule has 2 atom stereocenters. The van der Waals surface area contributed by atoms with E-state index in [1.165, 1.54) is 30.6 Å². The van der Waals surface area contributed by atoms with Gasteiger partial charge < -0.3 is 14.8 Å². The number of rotatable bonds is 9. The molecule has 0 bridgehead atoms. The maximum atomic E-state index is 11.9. The first-order chi connectivity index (χ1) is 11.7. The molecular weight excluding hydrogens is 342 g/mol. The molecule has 0 saturated heterocycles. The molecule has 1 aromatic carbocycles. The number of methoxy groups -OCH3 is 2. The molecule has 1 aromatic rings. The third-order valence-electron chi connectivity index (χ3n) is 4.03. The molecule has 0 radical (unpaired) electrons. The van der Waals surface area contributed by atoms with Crippen LogP contribution in [0.15, 0.2) is 29.2 Å². The first kappa shape index (κ1) is 19.5. The van der Waals surface area contributed by atoms with E-state index in [0.29, 0.717) is 29.4 Å². The number of carbonyl (C=O) groups excluding carboxylic acids is 1. The van der Waals surface area contributed by atoms with E-state index in [2.05, 4.69) is 17.4 Å². The summed E-state index contributed by atoms with van der Waals surface area (Å²) >= 11 is 3.72. The van der Waals surface area contributed by atoms with Crippen molar-refractivity contribution < 1.29 is 14.3 Å². The van der Waals surface area contributed by atoms with Crippen LogP contribution in [0.25, 0.3) is 0 Å². The van der Waals surface area contributed by atoms with Crippen molar-refractivity contribution in [2.75, 3.05) is 33.1 Å². The van der Waals surface area contributed by atoms with Crippen LogP contribution in [0.1, 0.15) is 25.7 Å². The van der Waals surface area contributed by atoms with Gasteiger partial charge in [-0.05, 0) is 31.0 Å². The minimum Gasteiger partial charge on any atom is -0.497 e. The highest BCUT2D eigenvalue weighted by Crippen LogP contribution is 2.40. The molecule has 2 unspecified atom stereocenters. The number of benzene rings is 1. The fourth-order valence-corrected chi connectivity index (χ4v) is 5.58. The van der Waals surface area contributed by atoms with Crippen LogP contribution in [-0.2, 0) is 9.53 Å². The van der Waals surface area contributed by atoms with Crippen molar-refractivity contribution in [2.45, 2.75) is 41.1 Å². The average Bonchev–Trinajstić information content (AvgIpc) is 2.61. The van der Waals surface area contributed by atoms with Crippen LogP contribution >= 0.6 is 23.5 Å². The fourth-order valence-electron chi connectivity index (χ4n) is 2.76. The van der Waals surface area contributed by atoms with E-state index in [9.17, 15) is 4.79 Å². The number of amides is 1. The lowest BCUT2D eigenvalue weighted by Crippen LogP contribution is -2.31. The Bertz CT molecular complexity index is 513. The smallest absolute Gasteiger partial charge is 0.230 e. The first-order valence-corrected chi connectivity index (χ1v) is 10.3. The molecule has 1 N–H and O–H groups in total. The van der Waals surface area contributed by atoms with E-state index in [4.69, 9.17) is 9.47 Å². The van der Waals surface area contributed by atoms with Crippen molar-refractivity contribution in [2.24, 2.45) is 0 Å². The van der Waals surface area contributed by atoms with Crippen molar-refractivity contribution in [1.82, 2.24) is 5.32 Å².